The van der Waals surface area contributed by atoms with Crippen LogP contribution in [0.1, 0.15) is 26.3 Å². The van der Waals surface area contributed by atoms with Crippen LogP contribution in [-0.2, 0) is 16.1 Å². The third-order valence-corrected chi connectivity index (χ3v) is 5.16. The van der Waals surface area contributed by atoms with E-state index in [2.05, 4.69) is 4.90 Å². The maximum absolute atomic E-state index is 12.3. The minimum Gasteiger partial charge on any atom is -0.445 e. The molecule has 0 aromatic heterocycles. The highest BCUT2D eigenvalue weighted by Gasteiger charge is 2.40. The van der Waals surface area contributed by atoms with E-state index in [9.17, 15) is 14.7 Å². The van der Waals surface area contributed by atoms with Gasteiger partial charge in [-0.25, -0.2) is 9.59 Å². The second-order valence-corrected chi connectivity index (χ2v) is 8.58. The van der Waals surface area contributed by atoms with Crippen molar-refractivity contribution in [1.29, 1.82) is 0 Å². The summed E-state index contributed by atoms with van der Waals surface area (Å²) in [5.41, 5.74) is 0.391. The van der Waals surface area contributed by atoms with Crippen molar-refractivity contribution in [2.45, 2.75) is 45.1 Å². The maximum Gasteiger partial charge on any atom is 0.410 e. The first-order valence-electron chi connectivity index (χ1n) is 10.1. The van der Waals surface area contributed by atoms with Gasteiger partial charge in [-0.2, -0.15) is 0 Å². The smallest absolute Gasteiger partial charge is 0.410 e. The molecule has 0 saturated carbocycles. The molecule has 3 rings (SSSR count). The van der Waals surface area contributed by atoms with Crippen LogP contribution in [0, 0.1) is 0 Å². The van der Waals surface area contributed by atoms with Crippen LogP contribution in [0.25, 0.3) is 0 Å². The highest BCUT2D eigenvalue weighted by atomic mass is 16.6. The molecule has 0 bridgehead atoms. The topological polar surface area (TPSA) is 82.5 Å². The number of benzene rings is 1. The van der Waals surface area contributed by atoms with E-state index in [0.717, 1.165) is 5.56 Å². The van der Waals surface area contributed by atoms with Crippen LogP contribution in [0.2, 0.25) is 0 Å². The Morgan fingerprint density at radius 3 is 2.28 bits per heavy atom. The van der Waals surface area contributed by atoms with Crippen molar-refractivity contribution in [2.24, 2.45) is 0 Å². The Labute approximate surface area is 172 Å². The van der Waals surface area contributed by atoms with Crippen LogP contribution in [0.3, 0.4) is 0 Å². The molecule has 8 nitrogen and oxygen atoms in total. The van der Waals surface area contributed by atoms with Gasteiger partial charge in [0.1, 0.15) is 12.2 Å². The summed E-state index contributed by atoms with van der Waals surface area (Å²) in [6, 6.07) is 9.44. The van der Waals surface area contributed by atoms with Crippen LogP contribution in [0.5, 0.6) is 0 Å². The number of carbonyl (C=O) groups is 2. The zero-order chi connectivity index (χ0) is 21.0. The number of aliphatic hydroxyl groups excluding tert-OH is 1. The third-order valence-electron chi connectivity index (χ3n) is 5.16. The fourth-order valence-corrected chi connectivity index (χ4v) is 3.65. The lowest BCUT2D eigenvalue weighted by molar-refractivity contribution is 0.0267. The van der Waals surface area contributed by atoms with E-state index < -0.39 is 17.8 Å². The second kappa shape index (κ2) is 9.00. The Morgan fingerprint density at radius 2 is 1.66 bits per heavy atom. The number of amides is 2. The van der Waals surface area contributed by atoms with E-state index in [1.807, 2.05) is 51.1 Å². The van der Waals surface area contributed by atoms with Crippen molar-refractivity contribution in [3.63, 3.8) is 0 Å². The number of hydrogen-bond donors (Lipinski definition) is 1. The van der Waals surface area contributed by atoms with Crippen molar-refractivity contribution in [2.75, 3.05) is 39.3 Å². The van der Waals surface area contributed by atoms with E-state index in [1.54, 1.807) is 9.80 Å². The van der Waals surface area contributed by atoms with Gasteiger partial charge in [0, 0.05) is 32.7 Å². The predicted octanol–water partition coefficient (Wildman–Crippen LogP) is 1.92. The number of carbonyl (C=O) groups excluding carboxylic acids is 2. The second-order valence-electron chi connectivity index (χ2n) is 8.58. The molecule has 1 aromatic carbocycles. The molecular formula is C21H31N3O5. The van der Waals surface area contributed by atoms with Gasteiger partial charge in [0.25, 0.3) is 0 Å². The molecule has 0 radical (unpaired) electrons. The van der Waals surface area contributed by atoms with Crippen LogP contribution in [-0.4, -0.2) is 89.0 Å². The van der Waals surface area contributed by atoms with Crippen molar-refractivity contribution < 1.29 is 24.2 Å². The fourth-order valence-electron chi connectivity index (χ4n) is 3.65. The summed E-state index contributed by atoms with van der Waals surface area (Å²) in [4.78, 5) is 30.0. The number of nitrogens with zero attached hydrogens (tertiary/aromatic N) is 3. The molecule has 2 heterocycles. The molecule has 0 unspecified atom stereocenters. The molecule has 2 aliphatic rings. The third kappa shape index (κ3) is 5.83. The fraction of sp³-hybridized carbons (Fsp3) is 0.619. The molecule has 2 saturated heterocycles. The highest BCUT2D eigenvalue weighted by Crippen LogP contribution is 2.21. The lowest BCUT2D eigenvalue weighted by Gasteiger charge is -2.38. The quantitative estimate of drug-likeness (QED) is 0.827. The first kappa shape index (κ1) is 21.4. The molecular weight excluding hydrogens is 374 g/mol. The van der Waals surface area contributed by atoms with E-state index in [0.29, 0.717) is 32.7 Å². The minimum atomic E-state index is -0.626. The summed E-state index contributed by atoms with van der Waals surface area (Å²) in [7, 11) is 0. The van der Waals surface area contributed by atoms with Gasteiger partial charge in [-0.05, 0) is 26.3 Å². The zero-order valence-electron chi connectivity index (χ0n) is 17.4. The Kier molecular flexibility index (Phi) is 6.64. The first-order chi connectivity index (χ1) is 13.7. The van der Waals surface area contributed by atoms with Crippen molar-refractivity contribution in [3.8, 4) is 0 Å². The van der Waals surface area contributed by atoms with Gasteiger partial charge in [-0.3, -0.25) is 4.90 Å². The molecule has 0 aliphatic carbocycles. The lowest BCUT2D eigenvalue weighted by atomic mass is 10.1. The SMILES string of the molecule is CC(C)(C)OC(=O)N1C[C@@H](O)[C@H](N2CCN(C(=O)OCc3ccccc3)CC2)C1. The van der Waals surface area contributed by atoms with E-state index in [1.165, 1.54) is 0 Å². The number of β-amino-alcohol motifs (C(OH)–C–C–N with tert-alkyl or cyclic N) is 1. The van der Waals surface area contributed by atoms with E-state index >= 15 is 0 Å². The number of aliphatic hydroxyl groups is 1. The Morgan fingerprint density at radius 1 is 1.00 bits per heavy atom. The highest BCUT2D eigenvalue weighted by molar-refractivity contribution is 5.69. The Balaban J connectivity index is 1.45. The van der Waals surface area contributed by atoms with Crippen LogP contribution in [0.4, 0.5) is 9.59 Å². The standard InChI is InChI=1S/C21H31N3O5/c1-21(2,3)29-20(27)24-13-17(18(25)14-24)22-9-11-23(12-10-22)19(26)28-15-16-7-5-4-6-8-16/h4-8,17-18,25H,9-15H2,1-3H3/t17-,18-/m1/s1. The normalized spacial score (nSPS) is 23.2. The molecule has 1 N–H and O–H groups in total. The predicted molar refractivity (Wildman–Crippen MR) is 107 cm³/mol. The molecule has 160 valence electrons. The zero-order valence-corrected chi connectivity index (χ0v) is 17.4. The number of ether oxygens (including phenoxy) is 2. The molecule has 8 heteroatoms. The average molecular weight is 405 g/mol. The number of hydrogen-bond acceptors (Lipinski definition) is 6. The molecule has 29 heavy (non-hydrogen) atoms. The van der Waals surface area contributed by atoms with Crippen LogP contribution >= 0.6 is 0 Å². The van der Waals surface area contributed by atoms with Crippen LogP contribution < -0.4 is 0 Å². The first-order valence-corrected chi connectivity index (χ1v) is 10.1. The molecule has 2 atom stereocenters. The van der Waals surface area contributed by atoms with Crippen molar-refractivity contribution >= 4 is 12.2 Å². The maximum atomic E-state index is 12.3. The van der Waals surface area contributed by atoms with Gasteiger partial charge in [0.05, 0.1) is 18.7 Å². The summed E-state index contributed by atoms with van der Waals surface area (Å²) >= 11 is 0. The Hall–Kier alpha value is -2.32. The molecule has 2 aliphatic heterocycles. The largest absolute Gasteiger partial charge is 0.445 e. The summed E-state index contributed by atoms with van der Waals surface area (Å²) in [6.07, 6.45) is -1.35. The van der Waals surface area contributed by atoms with Gasteiger partial charge in [-0.1, -0.05) is 30.3 Å². The van der Waals surface area contributed by atoms with Crippen molar-refractivity contribution in [3.05, 3.63) is 35.9 Å². The molecule has 0 spiro atoms. The Bertz CT molecular complexity index is 698. The number of rotatable bonds is 3. The summed E-state index contributed by atoms with van der Waals surface area (Å²) in [5.74, 6) is 0. The summed E-state index contributed by atoms with van der Waals surface area (Å²) in [5, 5.41) is 10.4. The number of piperazine rings is 1. The van der Waals surface area contributed by atoms with Gasteiger partial charge >= 0.3 is 12.2 Å². The van der Waals surface area contributed by atoms with Gasteiger partial charge < -0.3 is 24.4 Å². The monoisotopic (exact) mass is 405 g/mol. The van der Waals surface area contributed by atoms with Gasteiger partial charge in [-0.15, -0.1) is 0 Å². The van der Waals surface area contributed by atoms with Gasteiger partial charge in [0.2, 0.25) is 0 Å². The van der Waals surface area contributed by atoms with Crippen molar-refractivity contribution in [1.82, 2.24) is 14.7 Å². The average Bonchev–Trinajstić information content (AvgIpc) is 3.08. The lowest BCUT2D eigenvalue weighted by Crippen LogP contribution is -2.55. The minimum absolute atomic E-state index is 0.148. The van der Waals surface area contributed by atoms with Gasteiger partial charge in [0.15, 0.2) is 0 Å². The summed E-state index contributed by atoms with van der Waals surface area (Å²) in [6.45, 7) is 8.74. The van der Waals surface area contributed by atoms with E-state index in [-0.39, 0.29) is 25.3 Å². The molecule has 2 amide bonds. The summed E-state index contributed by atoms with van der Waals surface area (Å²) < 4.78 is 10.8. The molecule has 2 fully saturated rings. The van der Waals surface area contributed by atoms with E-state index in [4.69, 9.17) is 9.47 Å². The van der Waals surface area contributed by atoms with Crippen LogP contribution in [0.15, 0.2) is 30.3 Å². The number of likely N-dealkylation sites (tertiary alicyclic amines) is 1. The molecule has 1 aromatic rings.